The lowest BCUT2D eigenvalue weighted by Gasteiger charge is -2.11. The van der Waals surface area contributed by atoms with E-state index in [1.165, 1.54) is 11.3 Å². The standard InChI is InChI=1S/C13H19BrOS/c1-4-9(2)8-16-13-6-5-11(10(3)15)7-12(13)14/h5-7,9-10,15H,4,8H2,1-3H3/t9?,10-/m0/s1. The summed E-state index contributed by atoms with van der Waals surface area (Å²) in [5, 5.41) is 9.47. The molecule has 1 aromatic carbocycles. The number of halogens is 1. The molecular weight excluding hydrogens is 284 g/mol. The number of thioether (sulfide) groups is 1. The predicted molar refractivity (Wildman–Crippen MR) is 75.0 cm³/mol. The van der Waals surface area contributed by atoms with E-state index < -0.39 is 6.10 Å². The van der Waals surface area contributed by atoms with Gasteiger partial charge in [0.25, 0.3) is 0 Å². The van der Waals surface area contributed by atoms with E-state index in [1.54, 1.807) is 6.92 Å². The molecule has 1 aromatic rings. The average Bonchev–Trinajstić information content (AvgIpc) is 2.26. The first-order valence-electron chi connectivity index (χ1n) is 5.64. The largest absolute Gasteiger partial charge is 0.389 e. The average molecular weight is 303 g/mol. The second-order valence-corrected chi connectivity index (χ2v) is 6.11. The van der Waals surface area contributed by atoms with Gasteiger partial charge in [-0.15, -0.1) is 11.8 Å². The lowest BCUT2D eigenvalue weighted by molar-refractivity contribution is 0.199. The topological polar surface area (TPSA) is 20.2 Å². The molecule has 1 rings (SSSR count). The van der Waals surface area contributed by atoms with Crippen molar-refractivity contribution in [3.63, 3.8) is 0 Å². The zero-order valence-electron chi connectivity index (χ0n) is 10.0. The van der Waals surface area contributed by atoms with Gasteiger partial charge in [0.1, 0.15) is 0 Å². The van der Waals surface area contributed by atoms with Crippen LogP contribution in [0.25, 0.3) is 0 Å². The summed E-state index contributed by atoms with van der Waals surface area (Å²) in [6.45, 7) is 6.27. The first-order chi connectivity index (χ1) is 7.54. The Morgan fingerprint density at radius 2 is 2.06 bits per heavy atom. The van der Waals surface area contributed by atoms with Gasteiger partial charge >= 0.3 is 0 Å². The highest BCUT2D eigenvalue weighted by molar-refractivity contribution is 9.10. The minimum Gasteiger partial charge on any atom is -0.389 e. The van der Waals surface area contributed by atoms with Crippen molar-refractivity contribution in [1.82, 2.24) is 0 Å². The summed E-state index contributed by atoms with van der Waals surface area (Å²) >= 11 is 5.43. The fourth-order valence-corrected chi connectivity index (χ4v) is 3.04. The molecule has 0 aliphatic rings. The third kappa shape index (κ3) is 4.11. The summed E-state index contributed by atoms with van der Waals surface area (Å²) in [4.78, 5) is 1.25. The van der Waals surface area contributed by atoms with E-state index in [-0.39, 0.29) is 0 Å². The Hall–Kier alpha value is 0.01000. The molecule has 0 bridgehead atoms. The van der Waals surface area contributed by atoms with Gasteiger partial charge in [-0.2, -0.15) is 0 Å². The molecule has 90 valence electrons. The maximum atomic E-state index is 9.47. The van der Waals surface area contributed by atoms with Crippen molar-refractivity contribution in [2.45, 2.75) is 38.2 Å². The highest BCUT2D eigenvalue weighted by atomic mass is 79.9. The van der Waals surface area contributed by atoms with Crippen LogP contribution >= 0.6 is 27.7 Å². The van der Waals surface area contributed by atoms with Gasteiger partial charge < -0.3 is 5.11 Å². The van der Waals surface area contributed by atoms with Crippen molar-refractivity contribution in [2.24, 2.45) is 5.92 Å². The molecule has 0 aromatic heterocycles. The molecule has 0 saturated carbocycles. The molecule has 1 unspecified atom stereocenters. The van der Waals surface area contributed by atoms with Crippen LogP contribution in [0.4, 0.5) is 0 Å². The van der Waals surface area contributed by atoms with Gasteiger partial charge in [0.05, 0.1) is 6.10 Å². The summed E-state index contributed by atoms with van der Waals surface area (Å²) in [6.07, 6.45) is 0.820. The summed E-state index contributed by atoms with van der Waals surface area (Å²) in [5.41, 5.74) is 0.958. The molecule has 16 heavy (non-hydrogen) atoms. The summed E-state index contributed by atoms with van der Waals surface area (Å²) in [6, 6.07) is 6.08. The Kier molecular flexibility index (Phi) is 5.87. The third-order valence-corrected chi connectivity index (χ3v) is 4.98. The molecule has 0 aliphatic heterocycles. The number of hydrogen-bond acceptors (Lipinski definition) is 2. The van der Waals surface area contributed by atoms with Gasteiger partial charge in [-0.3, -0.25) is 0 Å². The molecule has 0 radical (unpaired) electrons. The first-order valence-corrected chi connectivity index (χ1v) is 7.42. The van der Waals surface area contributed by atoms with Crippen molar-refractivity contribution >= 4 is 27.7 Å². The molecular formula is C13H19BrOS. The van der Waals surface area contributed by atoms with Crippen molar-refractivity contribution < 1.29 is 5.11 Å². The number of rotatable bonds is 5. The molecule has 2 atom stereocenters. The maximum absolute atomic E-state index is 9.47. The van der Waals surface area contributed by atoms with Crippen LogP contribution in [0.15, 0.2) is 27.6 Å². The van der Waals surface area contributed by atoms with E-state index >= 15 is 0 Å². The fourth-order valence-electron chi connectivity index (χ4n) is 1.24. The number of benzene rings is 1. The summed E-state index contributed by atoms with van der Waals surface area (Å²) < 4.78 is 1.08. The maximum Gasteiger partial charge on any atom is 0.0762 e. The molecule has 3 heteroatoms. The van der Waals surface area contributed by atoms with E-state index in [1.807, 2.05) is 23.9 Å². The fraction of sp³-hybridized carbons (Fsp3) is 0.538. The lowest BCUT2D eigenvalue weighted by Crippen LogP contribution is -1.96. The molecule has 0 heterocycles. The van der Waals surface area contributed by atoms with Gasteiger partial charge in [0.15, 0.2) is 0 Å². The van der Waals surface area contributed by atoms with E-state index in [0.717, 1.165) is 21.7 Å². The van der Waals surface area contributed by atoms with Gasteiger partial charge in [0, 0.05) is 15.1 Å². The minimum atomic E-state index is -0.398. The Labute approximate surface area is 111 Å². The van der Waals surface area contributed by atoms with Crippen molar-refractivity contribution in [1.29, 1.82) is 0 Å². The number of aliphatic hydroxyl groups excluding tert-OH is 1. The third-order valence-electron chi connectivity index (χ3n) is 2.66. The molecule has 1 nitrogen and oxygen atoms in total. The lowest BCUT2D eigenvalue weighted by atomic mass is 10.1. The zero-order chi connectivity index (χ0) is 12.1. The zero-order valence-corrected chi connectivity index (χ0v) is 12.4. The van der Waals surface area contributed by atoms with E-state index in [0.29, 0.717) is 0 Å². The number of hydrogen-bond donors (Lipinski definition) is 1. The van der Waals surface area contributed by atoms with Gasteiger partial charge in [-0.1, -0.05) is 26.3 Å². The van der Waals surface area contributed by atoms with Gasteiger partial charge in [-0.05, 0) is 46.5 Å². The predicted octanol–water partition coefficient (Wildman–Crippen LogP) is 4.64. The smallest absolute Gasteiger partial charge is 0.0762 e. The Bertz CT molecular complexity index is 339. The Morgan fingerprint density at radius 3 is 2.56 bits per heavy atom. The van der Waals surface area contributed by atoms with Crippen LogP contribution in [0.1, 0.15) is 38.9 Å². The molecule has 0 saturated heterocycles. The second-order valence-electron chi connectivity index (χ2n) is 4.19. The molecule has 0 amide bonds. The van der Waals surface area contributed by atoms with E-state index in [2.05, 4.69) is 35.8 Å². The van der Waals surface area contributed by atoms with Crippen LogP contribution < -0.4 is 0 Å². The van der Waals surface area contributed by atoms with Gasteiger partial charge in [0.2, 0.25) is 0 Å². The highest BCUT2D eigenvalue weighted by Gasteiger charge is 2.07. The number of aliphatic hydroxyl groups is 1. The van der Waals surface area contributed by atoms with E-state index in [9.17, 15) is 5.11 Å². The van der Waals surface area contributed by atoms with E-state index in [4.69, 9.17) is 0 Å². The highest BCUT2D eigenvalue weighted by Crippen LogP contribution is 2.31. The van der Waals surface area contributed by atoms with Crippen LogP contribution in [-0.2, 0) is 0 Å². The monoisotopic (exact) mass is 302 g/mol. The molecule has 0 fully saturated rings. The minimum absolute atomic E-state index is 0.398. The first kappa shape index (κ1) is 14.1. The Morgan fingerprint density at radius 1 is 1.38 bits per heavy atom. The van der Waals surface area contributed by atoms with Gasteiger partial charge in [-0.25, -0.2) is 0 Å². The van der Waals surface area contributed by atoms with Crippen LogP contribution in [-0.4, -0.2) is 10.9 Å². The molecule has 0 spiro atoms. The quantitative estimate of drug-likeness (QED) is 0.800. The van der Waals surface area contributed by atoms with Crippen molar-refractivity contribution in [3.05, 3.63) is 28.2 Å². The van der Waals surface area contributed by atoms with Crippen LogP contribution in [0.5, 0.6) is 0 Å². The second kappa shape index (κ2) is 6.67. The van der Waals surface area contributed by atoms with Crippen molar-refractivity contribution in [3.8, 4) is 0 Å². The van der Waals surface area contributed by atoms with Crippen molar-refractivity contribution in [2.75, 3.05) is 5.75 Å². The summed E-state index contributed by atoms with van der Waals surface area (Å²) in [7, 11) is 0. The van der Waals surface area contributed by atoms with Crippen LogP contribution in [0, 0.1) is 5.92 Å². The van der Waals surface area contributed by atoms with Crippen LogP contribution in [0.3, 0.4) is 0 Å². The normalized spacial score (nSPS) is 14.8. The van der Waals surface area contributed by atoms with Crippen LogP contribution in [0.2, 0.25) is 0 Å². The summed E-state index contributed by atoms with van der Waals surface area (Å²) in [5.74, 6) is 1.89. The molecule has 1 N–H and O–H groups in total. The molecule has 0 aliphatic carbocycles. The SMILES string of the molecule is CCC(C)CSc1ccc([C@H](C)O)cc1Br. The Balaban J connectivity index is 2.68.